The van der Waals surface area contributed by atoms with Crippen LogP contribution < -0.4 is 11.1 Å². The van der Waals surface area contributed by atoms with E-state index in [-0.39, 0.29) is 6.04 Å². The highest BCUT2D eigenvalue weighted by atomic mass is 15.0. The van der Waals surface area contributed by atoms with Gasteiger partial charge in [0.15, 0.2) is 0 Å². The Morgan fingerprint density at radius 3 is 2.94 bits per heavy atom. The molecule has 0 bridgehead atoms. The van der Waals surface area contributed by atoms with Gasteiger partial charge in [0, 0.05) is 23.8 Å². The van der Waals surface area contributed by atoms with Gasteiger partial charge in [-0.3, -0.25) is 0 Å². The Labute approximate surface area is 96.7 Å². The van der Waals surface area contributed by atoms with Gasteiger partial charge in [-0.2, -0.15) is 0 Å². The lowest BCUT2D eigenvalue weighted by atomic mass is 10.1. The average molecular weight is 220 g/mol. The number of rotatable bonds is 3. The number of fused-ring (bicyclic) bond motifs is 1. The molecule has 1 aromatic rings. The van der Waals surface area contributed by atoms with E-state index in [1.54, 1.807) is 6.33 Å². The van der Waals surface area contributed by atoms with Crippen molar-refractivity contribution >= 4 is 5.82 Å². The van der Waals surface area contributed by atoms with Crippen molar-refractivity contribution in [2.24, 2.45) is 5.73 Å². The molecule has 3 N–H and O–H groups in total. The van der Waals surface area contributed by atoms with E-state index in [0.717, 1.165) is 25.2 Å². The Hall–Kier alpha value is -1.16. The molecule has 4 nitrogen and oxygen atoms in total. The number of aryl methyl sites for hydroxylation is 1. The van der Waals surface area contributed by atoms with E-state index in [0.29, 0.717) is 0 Å². The van der Waals surface area contributed by atoms with Gasteiger partial charge in [0.05, 0.1) is 0 Å². The van der Waals surface area contributed by atoms with Crippen molar-refractivity contribution in [1.29, 1.82) is 0 Å². The van der Waals surface area contributed by atoms with Crippen LogP contribution in [0.1, 0.15) is 37.4 Å². The Morgan fingerprint density at radius 2 is 2.12 bits per heavy atom. The summed E-state index contributed by atoms with van der Waals surface area (Å²) < 4.78 is 0. The standard InChI is InChI=1S/C12H20N4/c1-9(13)7-14-12-10-5-3-2-4-6-11(10)15-8-16-12/h8-9H,2-7,13H2,1H3,(H,14,15,16). The lowest BCUT2D eigenvalue weighted by molar-refractivity contribution is 0.708. The van der Waals surface area contributed by atoms with Crippen LogP contribution in [0, 0.1) is 0 Å². The normalized spacial score (nSPS) is 17.4. The lowest BCUT2D eigenvalue weighted by Crippen LogP contribution is -2.26. The van der Waals surface area contributed by atoms with Crippen LogP contribution in [-0.2, 0) is 12.8 Å². The van der Waals surface area contributed by atoms with Gasteiger partial charge >= 0.3 is 0 Å². The molecule has 1 aromatic heterocycles. The summed E-state index contributed by atoms with van der Waals surface area (Å²) in [6.07, 6.45) is 7.63. The molecular formula is C12H20N4. The fourth-order valence-corrected chi connectivity index (χ4v) is 2.11. The Balaban J connectivity index is 2.17. The van der Waals surface area contributed by atoms with E-state index in [2.05, 4.69) is 15.3 Å². The lowest BCUT2D eigenvalue weighted by Gasteiger charge is -2.13. The predicted octanol–water partition coefficient (Wildman–Crippen LogP) is 1.50. The van der Waals surface area contributed by atoms with Crippen LogP contribution in [0.25, 0.3) is 0 Å². The van der Waals surface area contributed by atoms with Crippen molar-refractivity contribution in [3.8, 4) is 0 Å². The number of hydrogen-bond donors (Lipinski definition) is 2. The van der Waals surface area contributed by atoms with Crippen LogP contribution in [0.4, 0.5) is 5.82 Å². The van der Waals surface area contributed by atoms with Crippen molar-refractivity contribution in [2.45, 2.75) is 45.1 Å². The smallest absolute Gasteiger partial charge is 0.132 e. The van der Waals surface area contributed by atoms with Crippen molar-refractivity contribution < 1.29 is 0 Å². The summed E-state index contributed by atoms with van der Waals surface area (Å²) >= 11 is 0. The maximum atomic E-state index is 5.74. The molecule has 4 heteroatoms. The summed E-state index contributed by atoms with van der Waals surface area (Å²) in [5, 5.41) is 3.32. The zero-order valence-electron chi connectivity index (χ0n) is 9.87. The highest BCUT2D eigenvalue weighted by Crippen LogP contribution is 2.23. The van der Waals surface area contributed by atoms with E-state index < -0.39 is 0 Å². The third-order valence-corrected chi connectivity index (χ3v) is 2.97. The maximum Gasteiger partial charge on any atom is 0.132 e. The number of aromatic nitrogens is 2. The quantitative estimate of drug-likeness (QED) is 0.758. The molecule has 0 aromatic carbocycles. The Bertz CT molecular complexity index is 349. The van der Waals surface area contributed by atoms with Gasteiger partial charge in [-0.25, -0.2) is 9.97 Å². The number of anilines is 1. The molecule has 0 fully saturated rings. The maximum absolute atomic E-state index is 5.74. The minimum Gasteiger partial charge on any atom is -0.368 e. The molecule has 1 aliphatic carbocycles. The Morgan fingerprint density at radius 1 is 1.31 bits per heavy atom. The molecule has 16 heavy (non-hydrogen) atoms. The van der Waals surface area contributed by atoms with E-state index in [9.17, 15) is 0 Å². The van der Waals surface area contributed by atoms with Gasteiger partial charge in [0.25, 0.3) is 0 Å². The van der Waals surface area contributed by atoms with E-state index in [1.807, 2.05) is 6.92 Å². The van der Waals surface area contributed by atoms with E-state index in [4.69, 9.17) is 5.73 Å². The third-order valence-electron chi connectivity index (χ3n) is 2.97. The summed E-state index contributed by atoms with van der Waals surface area (Å²) in [6, 6.07) is 0.149. The molecule has 0 aliphatic heterocycles. The molecular weight excluding hydrogens is 200 g/mol. The van der Waals surface area contributed by atoms with Gasteiger partial charge < -0.3 is 11.1 Å². The molecule has 1 unspecified atom stereocenters. The second-order valence-corrected chi connectivity index (χ2v) is 4.57. The van der Waals surface area contributed by atoms with Crippen LogP contribution in [-0.4, -0.2) is 22.6 Å². The average Bonchev–Trinajstić information content (AvgIpc) is 2.51. The monoisotopic (exact) mass is 220 g/mol. The number of hydrogen-bond acceptors (Lipinski definition) is 4. The molecule has 1 aliphatic rings. The summed E-state index contributed by atoms with van der Waals surface area (Å²) in [5.74, 6) is 0.990. The van der Waals surface area contributed by atoms with Crippen LogP contribution in [0.15, 0.2) is 6.33 Å². The first-order chi connectivity index (χ1) is 7.77. The highest BCUT2D eigenvalue weighted by molar-refractivity contribution is 5.46. The number of nitrogens with two attached hydrogens (primary N) is 1. The zero-order chi connectivity index (χ0) is 11.4. The third kappa shape index (κ3) is 2.70. The van der Waals surface area contributed by atoms with E-state index >= 15 is 0 Å². The summed E-state index contributed by atoms with van der Waals surface area (Å²) in [4.78, 5) is 8.71. The van der Waals surface area contributed by atoms with Gasteiger partial charge in [-0.05, 0) is 32.6 Å². The molecule has 88 valence electrons. The minimum atomic E-state index is 0.149. The summed E-state index contributed by atoms with van der Waals surface area (Å²) in [5.41, 5.74) is 8.27. The molecule has 0 spiro atoms. The predicted molar refractivity (Wildman–Crippen MR) is 65.4 cm³/mol. The van der Waals surface area contributed by atoms with Crippen LogP contribution in [0.3, 0.4) is 0 Å². The first kappa shape index (κ1) is 11.3. The largest absolute Gasteiger partial charge is 0.368 e. The van der Waals surface area contributed by atoms with Gasteiger partial charge in [0.1, 0.15) is 12.1 Å². The van der Waals surface area contributed by atoms with Crippen LogP contribution in [0.2, 0.25) is 0 Å². The molecule has 0 saturated carbocycles. The zero-order valence-corrected chi connectivity index (χ0v) is 9.87. The SMILES string of the molecule is CC(N)CNc1ncnc2c1CCCCC2. The summed E-state index contributed by atoms with van der Waals surface area (Å²) in [6.45, 7) is 2.76. The minimum absolute atomic E-state index is 0.149. The molecule has 1 heterocycles. The second-order valence-electron chi connectivity index (χ2n) is 4.57. The second kappa shape index (κ2) is 5.25. The topological polar surface area (TPSA) is 63.8 Å². The van der Waals surface area contributed by atoms with Crippen molar-refractivity contribution in [1.82, 2.24) is 9.97 Å². The fourth-order valence-electron chi connectivity index (χ4n) is 2.11. The molecule has 0 amide bonds. The molecule has 2 rings (SSSR count). The first-order valence-electron chi connectivity index (χ1n) is 6.09. The first-order valence-corrected chi connectivity index (χ1v) is 6.09. The fraction of sp³-hybridized carbons (Fsp3) is 0.667. The summed E-state index contributed by atoms with van der Waals surface area (Å²) in [7, 11) is 0. The molecule has 1 atom stereocenters. The van der Waals surface area contributed by atoms with Gasteiger partial charge in [-0.15, -0.1) is 0 Å². The number of nitrogens with zero attached hydrogens (tertiary/aromatic N) is 2. The van der Waals surface area contributed by atoms with Crippen molar-refractivity contribution in [3.05, 3.63) is 17.6 Å². The van der Waals surface area contributed by atoms with Crippen molar-refractivity contribution in [2.75, 3.05) is 11.9 Å². The number of nitrogens with one attached hydrogen (secondary N) is 1. The highest BCUT2D eigenvalue weighted by Gasteiger charge is 2.13. The van der Waals surface area contributed by atoms with Crippen LogP contribution >= 0.6 is 0 Å². The molecule has 0 radical (unpaired) electrons. The van der Waals surface area contributed by atoms with Crippen LogP contribution in [0.5, 0.6) is 0 Å². The van der Waals surface area contributed by atoms with E-state index in [1.165, 1.54) is 30.5 Å². The van der Waals surface area contributed by atoms with Gasteiger partial charge in [-0.1, -0.05) is 6.42 Å². The Kier molecular flexibility index (Phi) is 3.72. The van der Waals surface area contributed by atoms with Crippen molar-refractivity contribution in [3.63, 3.8) is 0 Å². The van der Waals surface area contributed by atoms with Gasteiger partial charge in [0.2, 0.25) is 0 Å². The molecule has 0 saturated heterocycles.